The van der Waals surface area contributed by atoms with Gasteiger partial charge < -0.3 is 20.1 Å². The maximum atomic E-state index is 12.2. The molecule has 1 aliphatic rings. The first kappa shape index (κ1) is 20.7. The van der Waals surface area contributed by atoms with Crippen LogP contribution in [-0.4, -0.2) is 49.7 Å². The molecule has 0 unspecified atom stereocenters. The summed E-state index contributed by atoms with van der Waals surface area (Å²) in [5, 5.41) is 5.70. The molecule has 128 valence electrons. The van der Waals surface area contributed by atoms with Crippen LogP contribution >= 0.6 is 12.4 Å². The van der Waals surface area contributed by atoms with E-state index in [4.69, 9.17) is 9.47 Å². The predicted octanol–water partition coefficient (Wildman–Crippen LogP) is 0.407. The molecule has 7 nitrogen and oxygen atoms in total. The minimum atomic E-state index is -1.39. The zero-order chi connectivity index (χ0) is 15.8. The average Bonchev–Trinajstić information content (AvgIpc) is 2.44. The minimum absolute atomic E-state index is 0. The van der Waals surface area contributed by atoms with Gasteiger partial charge in [-0.15, -0.1) is 12.4 Å². The van der Waals surface area contributed by atoms with Gasteiger partial charge in [0.15, 0.2) is 0 Å². The van der Waals surface area contributed by atoms with Gasteiger partial charge in [-0.2, -0.15) is 0 Å². The lowest BCUT2D eigenvalue weighted by Gasteiger charge is -2.28. The Morgan fingerprint density at radius 3 is 2.18 bits per heavy atom. The fourth-order valence-corrected chi connectivity index (χ4v) is 2.30. The lowest BCUT2D eigenvalue weighted by molar-refractivity contribution is -0.160. The van der Waals surface area contributed by atoms with Crippen LogP contribution in [0.5, 0.6) is 0 Å². The lowest BCUT2D eigenvalue weighted by atomic mass is 9.92. The monoisotopic (exact) mass is 336 g/mol. The number of amides is 1. The molecule has 0 aliphatic carbocycles. The molecule has 0 aromatic rings. The zero-order valence-electron chi connectivity index (χ0n) is 13.2. The van der Waals surface area contributed by atoms with Crippen molar-refractivity contribution in [3.8, 4) is 0 Å². The van der Waals surface area contributed by atoms with Crippen molar-refractivity contribution in [1.82, 2.24) is 10.6 Å². The van der Waals surface area contributed by atoms with E-state index in [1.807, 2.05) is 6.92 Å². The summed E-state index contributed by atoms with van der Waals surface area (Å²) in [4.78, 5) is 35.8. The van der Waals surface area contributed by atoms with Crippen LogP contribution in [0.15, 0.2) is 0 Å². The van der Waals surface area contributed by atoms with Crippen molar-refractivity contribution in [2.45, 2.75) is 45.7 Å². The molecule has 1 rings (SSSR count). The highest BCUT2D eigenvalue weighted by Gasteiger charge is 2.34. The lowest BCUT2D eigenvalue weighted by Crippen LogP contribution is -2.51. The van der Waals surface area contributed by atoms with Gasteiger partial charge in [-0.3, -0.25) is 4.79 Å². The second-order valence-electron chi connectivity index (χ2n) is 5.02. The fourth-order valence-electron chi connectivity index (χ4n) is 2.30. The first-order chi connectivity index (χ1) is 9.99. The average molecular weight is 337 g/mol. The van der Waals surface area contributed by atoms with Crippen molar-refractivity contribution >= 4 is 30.3 Å². The largest absolute Gasteiger partial charge is 0.464 e. The second-order valence-corrected chi connectivity index (χ2v) is 5.02. The van der Waals surface area contributed by atoms with E-state index >= 15 is 0 Å². The minimum Gasteiger partial charge on any atom is -0.464 e. The summed E-state index contributed by atoms with van der Waals surface area (Å²) in [5.74, 6) is -2.10. The Labute approximate surface area is 136 Å². The van der Waals surface area contributed by atoms with Crippen LogP contribution in [0.2, 0.25) is 0 Å². The Balaban J connectivity index is 0.00000441. The molecule has 0 aromatic heterocycles. The highest BCUT2D eigenvalue weighted by Crippen LogP contribution is 2.16. The molecule has 0 spiro atoms. The molecule has 1 aliphatic heterocycles. The van der Waals surface area contributed by atoms with E-state index in [0.717, 1.165) is 6.54 Å². The summed E-state index contributed by atoms with van der Waals surface area (Å²) in [5.41, 5.74) is 0. The molecule has 1 amide bonds. The van der Waals surface area contributed by atoms with Crippen molar-refractivity contribution in [1.29, 1.82) is 0 Å². The number of halogens is 1. The molecule has 8 heteroatoms. The number of esters is 2. The number of hydrogen-bond donors (Lipinski definition) is 2. The number of carbonyl (C=O) groups excluding carboxylic acids is 3. The third kappa shape index (κ3) is 6.19. The zero-order valence-corrected chi connectivity index (χ0v) is 14.0. The Hall–Kier alpha value is -1.34. The molecule has 0 bridgehead atoms. The number of rotatable bonds is 6. The van der Waals surface area contributed by atoms with Gasteiger partial charge in [0.1, 0.15) is 0 Å². The first-order valence-electron chi connectivity index (χ1n) is 7.36. The van der Waals surface area contributed by atoms with Crippen molar-refractivity contribution in [2.24, 2.45) is 5.92 Å². The molecule has 1 heterocycles. The Morgan fingerprint density at radius 2 is 1.73 bits per heavy atom. The highest BCUT2D eigenvalue weighted by molar-refractivity contribution is 6.02. The van der Waals surface area contributed by atoms with Crippen LogP contribution in [0.3, 0.4) is 0 Å². The summed E-state index contributed by atoms with van der Waals surface area (Å²) in [7, 11) is 0. The Kier molecular flexibility index (Phi) is 9.76. The molecule has 0 radical (unpaired) electrons. The Morgan fingerprint density at radius 1 is 1.18 bits per heavy atom. The van der Waals surface area contributed by atoms with Crippen LogP contribution in [0.4, 0.5) is 0 Å². The van der Waals surface area contributed by atoms with Gasteiger partial charge in [-0.1, -0.05) is 0 Å². The molecule has 2 atom stereocenters. The second kappa shape index (κ2) is 10.4. The van der Waals surface area contributed by atoms with E-state index < -0.39 is 18.0 Å². The standard InChI is InChI=1S/C14H24N2O5.ClH/c1-4-20-13(18)11(14(19)21-5-2)16-12(17)10-6-7-15-9(3)8-10;/h9-11,15H,4-8H2,1-3H3,(H,16,17);1H/t9-,10-;/m0./s1. The van der Waals surface area contributed by atoms with Crippen molar-refractivity contribution in [3.63, 3.8) is 0 Å². The van der Waals surface area contributed by atoms with E-state index in [0.29, 0.717) is 12.8 Å². The molecule has 1 fully saturated rings. The van der Waals surface area contributed by atoms with Crippen molar-refractivity contribution < 1.29 is 23.9 Å². The topological polar surface area (TPSA) is 93.7 Å². The van der Waals surface area contributed by atoms with Crippen molar-refractivity contribution in [2.75, 3.05) is 19.8 Å². The van der Waals surface area contributed by atoms with E-state index in [9.17, 15) is 14.4 Å². The van der Waals surface area contributed by atoms with Gasteiger partial charge in [0.25, 0.3) is 0 Å². The van der Waals surface area contributed by atoms with Gasteiger partial charge in [-0.05, 0) is 40.2 Å². The quantitative estimate of drug-likeness (QED) is 0.539. The van der Waals surface area contributed by atoms with E-state index in [1.165, 1.54) is 0 Å². The third-order valence-corrected chi connectivity index (χ3v) is 3.33. The first-order valence-corrected chi connectivity index (χ1v) is 7.36. The molecule has 0 aromatic carbocycles. The normalized spacial score (nSPS) is 20.7. The van der Waals surface area contributed by atoms with Gasteiger partial charge in [-0.25, -0.2) is 9.59 Å². The number of hydrogen-bond acceptors (Lipinski definition) is 6. The maximum absolute atomic E-state index is 12.2. The van der Waals surface area contributed by atoms with Crippen LogP contribution in [0.25, 0.3) is 0 Å². The summed E-state index contributed by atoms with van der Waals surface area (Å²) >= 11 is 0. The summed E-state index contributed by atoms with van der Waals surface area (Å²) in [6.45, 7) is 6.27. The van der Waals surface area contributed by atoms with Gasteiger partial charge in [0.05, 0.1) is 13.2 Å². The number of piperidine rings is 1. The summed E-state index contributed by atoms with van der Waals surface area (Å²) < 4.78 is 9.63. The highest BCUT2D eigenvalue weighted by atomic mass is 35.5. The molecule has 1 saturated heterocycles. The van der Waals surface area contributed by atoms with Gasteiger partial charge in [0.2, 0.25) is 11.9 Å². The molecule has 2 N–H and O–H groups in total. The Bertz CT molecular complexity index is 373. The number of carbonyl (C=O) groups is 3. The number of nitrogens with one attached hydrogen (secondary N) is 2. The van der Waals surface area contributed by atoms with Gasteiger partial charge >= 0.3 is 11.9 Å². The van der Waals surface area contributed by atoms with E-state index in [-0.39, 0.29) is 43.5 Å². The summed E-state index contributed by atoms with van der Waals surface area (Å²) in [6.07, 6.45) is 1.35. The van der Waals surface area contributed by atoms with Crippen LogP contribution in [0, 0.1) is 5.92 Å². The fraction of sp³-hybridized carbons (Fsp3) is 0.786. The van der Waals surface area contributed by atoms with Gasteiger partial charge in [0, 0.05) is 12.0 Å². The van der Waals surface area contributed by atoms with Crippen LogP contribution in [-0.2, 0) is 23.9 Å². The molecule has 22 heavy (non-hydrogen) atoms. The molecular formula is C14H25ClN2O5. The molecule has 0 saturated carbocycles. The predicted molar refractivity (Wildman–Crippen MR) is 82.6 cm³/mol. The van der Waals surface area contributed by atoms with E-state index in [2.05, 4.69) is 10.6 Å². The van der Waals surface area contributed by atoms with Crippen LogP contribution < -0.4 is 10.6 Å². The smallest absolute Gasteiger partial charge is 0.340 e. The van der Waals surface area contributed by atoms with Crippen molar-refractivity contribution in [3.05, 3.63) is 0 Å². The molecular weight excluding hydrogens is 312 g/mol. The SMILES string of the molecule is CCOC(=O)C(NC(=O)[C@H]1CCN[C@@H](C)C1)C(=O)OCC.Cl. The van der Waals surface area contributed by atoms with E-state index in [1.54, 1.807) is 13.8 Å². The third-order valence-electron chi connectivity index (χ3n) is 3.33. The summed E-state index contributed by atoms with van der Waals surface area (Å²) in [6, 6.07) is -1.15. The maximum Gasteiger partial charge on any atom is 0.340 e. The van der Waals surface area contributed by atoms with Crippen LogP contribution in [0.1, 0.15) is 33.6 Å². The number of ether oxygens (including phenoxy) is 2.